The second-order valence-electron chi connectivity index (χ2n) is 7.45. The van der Waals surface area contributed by atoms with Crippen LogP contribution in [0.25, 0.3) is 0 Å². The maximum Gasteiger partial charge on any atom is 0.0110 e. The summed E-state index contributed by atoms with van der Waals surface area (Å²) in [5.41, 5.74) is 0.463. The molecule has 20 heavy (non-hydrogen) atoms. The average molecular weight is 284 g/mol. The van der Waals surface area contributed by atoms with Crippen molar-refractivity contribution >= 4 is 0 Å². The van der Waals surface area contributed by atoms with Crippen molar-refractivity contribution < 1.29 is 0 Å². The molecular weight excluding hydrogens is 246 g/mol. The molecule has 0 aromatic heterocycles. The summed E-state index contributed by atoms with van der Waals surface area (Å²) in [6.07, 6.45) is 5.22. The monoisotopic (exact) mass is 283 g/mol. The van der Waals surface area contributed by atoms with Gasteiger partial charge in [-0.25, -0.2) is 0 Å². The molecule has 1 heterocycles. The van der Waals surface area contributed by atoms with Gasteiger partial charge in [-0.2, -0.15) is 0 Å². The molecule has 0 amide bonds. The zero-order chi connectivity index (χ0) is 14.8. The van der Waals surface area contributed by atoms with Crippen LogP contribution in [0.15, 0.2) is 0 Å². The molecule has 1 aliphatic heterocycles. The Labute approximate surface area is 127 Å². The molecule has 1 rings (SSSR count). The van der Waals surface area contributed by atoms with E-state index >= 15 is 0 Å². The Bertz CT molecular complexity index is 227. The zero-order valence-corrected chi connectivity index (χ0v) is 14.4. The highest BCUT2D eigenvalue weighted by Crippen LogP contribution is 2.16. The van der Waals surface area contributed by atoms with E-state index in [2.05, 4.69) is 42.8 Å². The highest BCUT2D eigenvalue weighted by Gasteiger charge is 2.15. The van der Waals surface area contributed by atoms with Gasteiger partial charge in [0.15, 0.2) is 0 Å². The summed E-state index contributed by atoms with van der Waals surface area (Å²) in [5.74, 6) is 0. The number of nitrogens with one attached hydrogen (secondary N) is 1. The van der Waals surface area contributed by atoms with Crippen LogP contribution in [0.5, 0.6) is 0 Å². The summed E-state index contributed by atoms with van der Waals surface area (Å²) in [6.45, 7) is 19.2. The highest BCUT2D eigenvalue weighted by molar-refractivity contribution is 4.71. The fourth-order valence-electron chi connectivity index (χ4n) is 2.73. The molecule has 1 saturated heterocycles. The van der Waals surface area contributed by atoms with Gasteiger partial charge in [0.1, 0.15) is 0 Å². The summed E-state index contributed by atoms with van der Waals surface area (Å²) in [4.78, 5) is 5.24. The average Bonchev–Trinajstić information content (AvgIpc) is 2.38. The lowest BCUT2D eigenvalue weighted by atomic mass is 9.92. The Kier molecular flexibility index (Phi) is 8.74. The molecule has 0 aromatic carbocycles. The molecular formula is C17H37N3. The van der Waals surface area contributed by atoms with Crippen molar-refractivity contribution in [2.45, 2.75) is 53.4 Å². The van der Waals surface area contributed by atoms with E-state index in [0.717, 1.165) is 0 Å². The van der Waals surface area contributed by atoms with E-state index in [-0.39, 0.29) is 0 Å². The summed E-state index contributed by atoms with van der Waals surface area (Å²) in [5, 5.41) is 3.58. The third kappa shape index (κ3) is 8.93. The minimum atomic E-state index is 0.463. The molecule has 0 radical (unpaired) electrons. The number of rotatable bonds is 9. The van der Waals surface area contributed by atoms with Crippen LogP contribution in [0, 0.1) is 5.41 Å². The summed E-state index contributed by atoms with van der Waals surface area (Å²) < 4.78 is 0. The number of unbranched alkanes of at least 4 members (excludes halogenated alkanes) is 1. The van der Waals surface area contributed by atoms with Gasteiger partial charge in [0.2, 0.25) is 0 Å². The third-order valence-corrected chi connectivity index (χ3v) is 4.13. The van der Waals surface area contributed by atoms with Gasteiger partial charge in [-0.05, 0) is 57.3 Å². The van der Waals surface area contributed by atoms with E-state index in [1.54, 1.807) is 0 Å². The normalized spacial score (nSPS) is 18.6. The number of hydrogen-bond acceptors (Lipinski definition) is 3. The van der Waals surface area contributed by atoms with Crippen LogP contribution in [0.2, 0.25) is 0 Å². The highest BCUT2D eigenvalue weighted by atomic mass is 15.3. The summed E-state index contributed by atoms with van der Waals surface area (Å²) in [6, 6.07) is 0. The van der Waals surface area contributed by atoms with E-state index < -0.39 is 0 Å². The van der Waals surface area contributed by atoms with Gasteiger partial charge in [-0.15, -0.1) is 0 Å². The second-order valence-corrected chi connectivity index (χ2v) is 7.45. The molecule has 1 N–H and O–H groups in total. The van der Waals surface area contributed by atoms with Crippen molar-refractivity contribution in [2.24, 2.45) is 5.41 Å². The first-order valence-electron chi connectivity index (χ1n) is 8.67. The Morgan fingerprint density at radius 1 is 0.850 bits per heavy atom. The van der Waals surface area contributed by atoms with Gasteiger partial charge in [0, 0.05) is 26.2 Å². The fourth-order valence-corrected chi connectivity index (χ4v) is 2.73. The first-order chi connectivity index (χ1) is 9.51. The number of hydrogen-bond donors (Lipinski definition) is 1. The second kappa shape index (κ2) is 9.75. The molecule has 0 bridgehead atoms. The van der Waals surface area contributed by atoms with Crippen LogP contribution in [0.1, 0.15) is 53.4 Å². The van der Waals surface area contributed by atoms with Crippen LogP contribution in [0.3, 0.4) is 0 Å². The molecule has 0 aliphatic carbocycles. The summed E-state index contributed by atoms with van der Waals surface area (Å²) in [7, 11) is 0. The minimum absolute atomic E-state index is 0.463. The van der Waals surface area contributed by atoms with Crippen molar-refractivity contribution in [3.05, 3.63) is 0 Å². The molecule has 3 heteroatoms. The maximum atomic E-state index is 3.58. The van der Waals surface area contributed by atoms with Crippen LogP contribution < -0.4 is 5.32 Å². The standard InChI is InChI=1S/C17H37N3/c1-5-11-19-13-15-20(16-14-19)12-7-6-9-18-10-8-17(2,3)4/h18H,5-16H2,1-4H3. The smallest absolute Gasteiger partial charge is 0.0110 e. The van der Waals surface area contributed by atoms with Crippen molar-refractivity contribution in [2.75, 3.05) is 52.4 Å². The van der Waals surface area contributed by atoms with E-state index in [9.17, 15) is 0 Å². The quantitative estimate of drug-likeness (QED) is 0.657. The Balaban J connectivity index is 1.90. The SMILES string of the molecule is CCCN1CCN(CCCCNCCC(C)(C)C)CC1. The Morgan fingerprint density at radius 2 is 1.45 bits per heavy atom. The lowest BCUT2D eigenvalue weighted by Gasteiger charge is -2.34. The molecule has 3 nitrogen and oxygen atoms in total. The molecule has 1 aliphatic rings. The maximum absolute atomic E-state index is 3.58. The number of piperazine rings is 1. The summed E-state index contributed by atoms with van der Waals surface area (Å²) >= 11 is 0. The Morgan fingerprint density at radius 3 is 2.00 bits per heavy atom. The van der Waals surface area contributed by atoms with Crippen molar-refractivity contribution in [1.82, 2.24) is 15.1 Å². The largest absolute Gasteiger partial charge is 0.317 e. The van der Waals surface area contributed by atoms with Gasteiger partial charge in [0.05, 0.1) is 0 Å². The zero-order valence-electron chi connectivity index (χ0n) is 14.4. The third-order valence-electron chi connectivity index (χ3n) is 4.13. The lowest BCUT2D eigenvalue weighted by molar-refractivity contribution is 0.131. The molecule has 0 aromatic rings. The van der Waals surface area contributed by atoms with Crippen LogP contribution in [0.4, 0.5) is 0 Å². The van der Waals surface area contributed by atoms with Gasteiger partial charge >= 0.3 is 0 Å². The molecule has 0 unspecified atom stereocenters. The van der Waals surface area contributed by atoms with Gasteiger partial charge in [-0.3, -0.25) is 0 Å². The van der Waals surface area contributed by atoms with Crippen LogP contribution in [-0.4, -0.2) is 62.2 Å². The van der Waals surface area contributed by atoms with Crippen molar-refractivity contribution in [3.8, 4) is 0 Å². The predicted molar refractivity (Wildman–Crippen MR) is 89.3 cm³/mol. The van der Waals surface area contributed by atoms with Crippen molar-refractivity contribution in [3.63, 3.8) is 0 Å². The molecule has 1 fully saturated rings. The lowest BCUT2D eigenvalue weighted by Crippen LogP contribution is -2.46. The topological polar surface area (TPSA) is 18.5 Å². The molecule has 0 atom stereocenters. The Hall–Kier alpha value is -0.120. The van der Waals surface area contributed by atoms with E-state index in [0.29, 0.717) is 5.41 Å². The minimum Gasteiger partial charge on any atom is -0.317 e. The molecule has 120 valence electrons. The fraction of sp³-hybridized carbons (Fsp3) is 1.00. The van der Waals surface area contributed by atoms with Gasteiger partial charge < -0.3 is 15.1 Å². The van der Waals surface area contributed by atoms with E-state index in [1.165, 1.54) is 78.0 Å². The van der Waals surface area contributed by atoms with Gasteiger partial charge in [-0.1, -0.05) is 27.7 Å². The first-order valence-corrected chi connectivity index (χ1v) is 8.67. The molecule has 0 saturated carbocycles. The first kappa shape index (κ1) is 17.9. The van der Waals surface area contributed by atoms with Crippen molar-refractivity contribution in [1.29, 1.82) is 0 Å². The number of nitrogens with zero attached hydrogens (tertiary/aromatic N) is 2. The van der Waals surface area contributed by atoms with Crippen LogP contribution >= 0.6 is 0 Å². The predicted octanol–water partition coefficient (Wildman–Crippen LogP) is 2.82. The van der Waals surface area contributed by atoms with E-state index in [1.807, 2.05) is 0 Å². The molecule has 0 spiro atoms. The van der Waals surface area contributed by atoms with Gasteiger partial charge in [0.25, 0.3) is 0 Å². The van der Waals surface area contributed by atoms with Crippen LogP contribution in [-0.2, 0) is 0 Å². The van der Waals surface area contributed by atoms with E-state index in [4.69, 9.17) is 0 Å².